The second-order valence-electron chi connectivity index (χ2n) is 4.04. The van der Waals surface area contributed by atoms with Crippen LogP contribution in [0.2, 0.25) is 0 Å². The van der Waals surface area contributed by atoms with Crippen LogP contribution in [-0.4, -0.2) is 17.6 Å². The average Bonchev–Trinajstić information content (AvgIpc) is 2.89. The van der Waals surface area contributed by atoms with E-state index < -0.39 is 0 Å². The van der Waals surface area contributed by atoms with Crippen molar-refractivity contribution in [3.8, 4) is 0 Å². The van der Waals surface area contributed by atoms with Gasteiger partial charge in [-0.3, -0.25) is 4.98 Å². The van der Waals surface area contributed by atoms with E-state index in [4.69, 9.17) is 4.74 Å². The molecule has 1 atom stereocenters. The fourth-order valence-corrected chi connectivity index (χ4v) is 1.85. The first kappa shape index (κ1) is 10.8. The summed E-state index contributed by atoms with van der Waals surface area (Å²) in [6.45, 7) is 0.576. The number of nitrogens with one attached hydrogen (secondary N) is 1. The monoisotopic (exact) mass is 239 g/mol. The molecule has 2 aromatic rings. The van der Waals surface area contributed by atoms with Gasteiger partial charge in [0.2, 0.25) is 0 Å². The quantitative estimate of drug-likeness (QED) is 0.876. The molecule has 0 spiro atoms. The third-order valence-electron chi connectivity index (χ3n) is 2.75. The number of ether oxygens (including phenoxy) is 1. The maximum atomic E-state index is 5.54. The molecule has 0 unspecified atom stereocenters. The first-order chi connectivity index (χ1) is 8.92. The van der Waals surface area contributed by atoms with Crippen LogP contribution in [0.5, 0.6) is 0 Å². The van der Waals surface area contributed by atoms with Gasteiger partial charge in [-0.1, -0.05) is 30.3 Å². The summed E-state index contributed by atoms with van der Waals surface area (Å²) < 4.78 is 5.54. The molecule has 90 valence electrons. The highest BCUT2D eigenvalue weighted by atomic mass is 16.5. The zero-order valence-corrected chi connectivity index (χ0v) is 9.78. The number of amidine groups is 1. The molecule has 3 rings (SSSR count). The van der Waals surface area contributed by atoms with E-state index >= 15 is 0 Å². The van der Waals surface area contributed by atoms with Crippen LogP contribution in [-0.2, 0) is 4.74 Å². The number of rotatable bonds is 2. The highest BCUT2D eigenvalue weighted by Gasteiger charge is 2.20. The maximum absolute atomic E-state index is 5.54. The Morgan fingerprint density at radius 2 is 2.00 bits per heavy atom. The van der Waals surface area contributed by atoms with Gasteiger partial charge in [-0.05, 0) is 17.7 Å². The van der Waals surface area contributed by atoms with Gasteiger partial charge in [0, 0.05) is 6.20 Å². The molecule has 0 aliphatic carbocycles. The molecule has 1 N–H and O–H groups in total. The Bertz CT molecular complexity index is 539. The number of hydrogen-bond acceptors (Lipinski definition) is 4. The van der Waals surface area contributed by atoms with Crippen LogP contribution in [0.4, 0.5) is 5.69 Å². The van der Waals surface area contributed by atoms with Gasteiger partial charge in [-0.2, -0.15) is 0 Å². The molecule has 2 heterocycles. The SMILES string of the molecule is c1ccc([C@@H]2COC(Nc3cccnc3)=N2)cc1. The fourth-order valence-electron chi connectivity index (χ4n) is 1.85. The van der Waals surface area contributed by atoms with Gasteiger partial charge in [0.15, 0.2) is 0 Å². The molecule has 1 aliphatic rings. The Kier molecular flexibility index (Phi) is 2.92. The van der Waals surface area contributed by atoms with E-state index in [1.807, 2.05) is 30.3 Å². The van der Waals surface area contributed by atoms with Crippen molar-refractivity contribution in [2.24, 2.45) is 4.99 Å². The number of aromatic nitrogens is 1. The minimum absolute atomic E-state index is 0.0744. The van der Waals surface area contributed by atoms with Crippen LogP contribution in [0.3, 0.4) is 0 Å². The minimum atomic E-state index is 0.0744. The summed E-state index contributed by atoms with van der Waals surface area (Å²) in [7, 11) is 0. The molecular formula is C14H13N3O. The smallest absolute Gasteiger partial charge is 0.290 e. The number of nitrogens with zero attached hydrogens (tertiary/aromatic N) is 2. The summed E-state index contributed by atoms with van der Waals surface area (Å²) in [5.41, 5.74) is 2.05. The van der Waals surface area contributed by atoms with Crippen LogP contribution < -0.4 is 5.32 Å². The van der Waals surface area contributed by atoms with E-state index in [0.29, 0.717) is 12.6 Å². The standard InChI is InChI=1S/C14H13N3O/c1-2-5-11(6-3-1)13-10-18-14(17-13)16-12-7-4-8-15-9-12/h1-9,13H,10H2,(H,16,17)/t13-/m0/s1. The van der Waals surface area contributed by atoms with Crippen molar-refractivity contribution >= 4 is 11.7 Å². The molecule has 0 amide bonds. The Labute approximate surface area is 105 Å². The van der Waals surface area contributed by atoms with Crippen molar-refractivity contribution in [3.63, 3.8) is 0 Å². The maximum Gasteiger partial charge on any atom is 0.290 e. The second kappa shape index (κ2) is 4.87. The van der Waals surface area contributed by atoms with E-state index in [-0.39, 0.29) is 6.04 Å². The Morgan fingerprint density at radius 3 is 2.78 bits per heavy atom. The van der Waals surface area contributed by atoms with Crippen molar-refractivity contribution < 1.29 is 4.74 Å². The van der Waals surface area contributed by atoms with E-state index in [1.54, 1.807) is 12.4 Å². The first-order valence-electron chi connectivity index (χ1n) is 5.84. The van der Waals surface area contributed by atoms with Crippen LogP contribution >= 0.6 is 0 Å². The predicted octanol–water partition coefficient (Wildman–Crippen LogP) is 2.62. The van der Waals surface area contributed by atoms with Crippen molar-refractivity contribution in [3.05, 3.63) is 60.4 Å². The van der Waals surface area contributed by atoms with Crippen molar-refractivity contribution in [1.29, 1.82) is 0 Å². The molecule has 4 heteroatoms. The first-order valence-corrected chi connectivity index (χ1v) is 5.84. The Hall–Kier alpha value is -2.36. The molecule has 1 aliphatic heterocycles. The molecular weight excluding hydrogens is 226 g/mol. The molecule has 0 saturated carbocycles. The lowest BCUT2D eigenvalue weighted by molar-refractivity contribution is 0.318. The van der Waals surface area contributed by atoms with Gasteiger partial charge in [-0.15, -0.1) is 0 Å². The predicted molar refractivity (Wildman–Crippen MR) is 70.4 cm³/mol. The van der Waals surface area contributed by atoms with E-state index in [0.717, 1.165) is 5.69 Å². The number of hydrogen-bond donors (Lipinski definition) is 1. The second-order valence-corrected chi connectivity index (χ2v) is 4.04. The summed E-state index contributed by atoms with van der Waals surface area (Å²) in [5.74, 6) is 0. The highest BCUT2D eigenvalue weighted by molar-refractivity contribution is 5.89. The average molecular weight is 239 g/mol. The Balaban J connectivity index is 1.73. The van der Waals surface area contributed by atoms with Gasteiger partial charge in [0.1, 0.15) is 12.6 Å². The summed E-state index contributed by atoms with van der Waals surface area (Å²) in [6, 6.07) is 14.6. The molecule has 0 bridgehead atoms. The lowest BCUT2D eigenvalue weighted by Crippen LogP contribution is -2.11. The largest absolute Gasteiger partial charge is 0.462 e. The van der Waals surface area contributed by atoms with Gasteiger partial charge < -0.3 is 10.1 Å². The summed E-state index contributed by atoms with van der Waals surface area (Å²) in [6.07, 6.45) is 3.47. The van der Waals surface area contributed by atoms with Crippen LogP contribution in [0.15, 0.2) is 59.9 Å². The lowest BCUT2D eigenvalue weighted by Gasteiger charge is -2.03. The van der Waals surface area contributed by atoms with E-state index in [9.17, 15) is 0 Å². The van der Waals surface area contributed by atoms with Crippen LogP contribution in [0.1, 0.15) is 11.6 Å². The minimum Gasteiger partial charge on any atom is -0.462 e. The fraction of sp³-hybridized carbons (Fsp3) is 0.143. The third-order valence-corrected chi connectivity index (χ3v) is 2.75. The van der Waals surface area contributed by atoms with E-state index in [1.165, 1.54) is 5.56 Å². The van der Waals surface area contributed by atoms with Crippen molar-refractivity contribution in [2.75, 3.05) is 11.9 Å². The Morgan fingerprint density at radius 1 is 1.11 bits per heavy atom. The lowest BCUT2D eigenvalue weighted by atomic mass is 10.1. The summed E-state index contributed by atoms with van der Waals surface area (Å²) in [5, 5.41) is 3.11. The molecule has 0 fully saturated rings. The topological polar surface area (TPSA) is 46.5 Å². The molecule has 0 radical (unpaired) electrons. The normalized spacial score (nSPS) is 18.0. The van der Waals surface area contributed by atoms with E-state index in [2.05, 4.69) is 27.4 Å². The van der Waals surface area contributed by atoms with Gasteiger partial charge in [-0.25, -0.2) is 4.99 Å². The van der Waals surface area contributed by atoms with Crippen LogP contribution in [0, 0.1) is 0 Å². The molecule has 18 heavy (non-hydrogen) atoms. The summed E-state index contributed by atoms with van der Waals surface area (Å²) in [4.78, 5) is 8.54. The van der Waals surface area contributed by atoms with Gasteiger partial charge in [0.25, 0.3) is 6.02 Å². The molecule has 0 saturated heterocycles. The zero-order chi connectivity index (χ0) is 12.2. The van der Waals surface area contributed by atoms with Crippen molar-refractivity contribution in [1.82, 2.24) is 4.98 Å². The van der Waals surface area contributed by atoms with Crippen LogP contribution in [0.25, 0.3) is 0 Å². The van der Waals surface area contributed by atoms with Gasteiger partial charge >= 0.3 is 0 Å². The number of benzene rings is 1. The molecule has 1 aromatic heterocycles. The number of pyridine rings is 1. The number of anilines is 1. The zero-order valence-electron chi connectivity index (χ0n) is 9.78. The summed E-state index contributed by atoms with van der Waals surface area (Å²) >= 11 is 0. The highest BCUT2D eigenvalue weighted by Crippen LogP contribution is 2.22. The van der Waals surface area contributed by atoms with Crippen molar-refractivity contribution in [2.45, 2.75) is 6.04 Å². The third kappa shape index (κ3) is 2.32. The number of aliphatic imine (C=N–C) groups is 1. The molecule has 4 nitrogen and oxygen atoms in total. The molecule has 1 aromatic carbocycles. The van der Waals surface area contributed by atoms with Gasteiger partial charge in [0.05, 0.1) is 11.9 Å².